The number of nitrogens with one attached hydrogen (secondary N) is 2. The minimum Gasteiger partial charge on any atom is -0.382 e. The van der Waals surface area contributed by atoms with Crippen molar-refractivity contribution in [1.29, 1.82) is 0 Å². The van der Waals surface area contributed by atoms with Crippen LogP contribution < -0.4 is 10.6 Å². The number of hydrogen-bond donors (Lipinski definition) is 2. The van der Waals surface area contributed by atoms with Gasteiger partial charge in [-0.15, -0.1) is 0 Å². The van der Waals surface area contributed by atoms with Gasteiger partial charge in [0, 0.05) is 31.6 Å². The molecular weight excluding hydrogens is 268 g/mol. The molecule has 5 nitrogen and oxygen atoms in total. The lowest BCUT2D eigenvalue weighted by atomic mass is 9.93. The summed E-state index contributed by atoms with van der Waals surface area (Å²) in [7, 11) is 3.29. The fourth-order valence-corrected chi connectivity index (χ4v) is 2.66. The zero-order valence-electron chi connectivity index (χ0n) is 12.7. The highest BCUT2D eigenvalue weighted by Crippen LogP contribution is 2.24. The van der Waals surface area contributed by atoms with Gasteiger partial charge in [0.25, 0.3) is 0 Å². The lowest BCUT2D eigenvalue weighted by molar-refractivity contribution is -0.119. The molecule has 0 saturated heterocycles. The Labute approximate surface area is 126 Å². The summed E-state index contributed by atoms with van der Waals surface area (Å²) in [6.07, 6.45) is 4.90. The lowest BCUT2D eigenvalue weighted by Gasteiger charge is -2.29. The van der Waals surface area contributed by atoms with Crippen molar-refractivity contribution in [1.82, 2.24) is 0 Å². The second-order valence-electron chi connectivity index (χ2n) is 5.41. The summed E-state index contributed by atoms with van der Waals surface area (Å²) in [6, 6.07) is 8.29. The molecule has 0 bridgehead atoms. The van der Waals surface area contributed by atoms with Gasteiger partial charge in [-0.05, 0) is 49.9 Å². The van der Waals surface area contributed by atoms with Crippen LogP contribution in [0, 0.1) is 0 Å². The quantitative estimate of drug-likeness (QED) is 0.846. The first-order valence-corrected chi connectivity index (χ1v) is 7.39. The molecule has 0 heterocycles. The van der Waals surface area contributed by atoms with E-state index < -0.39 is 0 Å². The van der Waals surface area contributed by atoms with Gasteiger partial charge in [-0.1, -0.05) is 0 Å². The molecule has 1 aliphatic rings. The summed E-state index contributed by atoms with van der Waals surface area (Å²) in [5.41, 5.74) is 1.87. The number of rotatable bonds is 6. The summed E-state index contributed by atoms with van der Waals surface area (Å²) in [5.74, 6) is -0.143. The molecule has 0 atom stereocenters. The first kappa shape index (κ1) is 15.8. The molecule has 0 aliphatic heterocycles. The van der Waals surface area contributed by atoms with Crippen molar-refractivity contribution in [2.45, 2.75) is 37.8 Å². The molecule has 21 heavy (non-hydrogen) atoms. The first-order valence-electron chi connectivity index (χ1n) is 7.39. The Kier molecular flexibility index (Phi) is 6.02. The third kappa shape index (κ3) is 5.02. The van der Waals surface area contributed by atoms with Crippen LogP contribution in [-0.2, 0) is 14.3 Å². The van der Waals surface area contributed by atoms with E-state index in [0.29, 0.717) is 12.1 Å². The average molecular weight is 292 g/mol. The maximum absolute atomic E-state index is 11.4. The SMILES string of the molecule is COCC(=O)Nc1ccc(NC2CCC(OC)CC2)cc1. The van der Waals surface area contributed by atoms with Crippen LogP contribution in [0.5, 0.6) is 0 Å². The number of methoxy groups -OCH3 is 2. The molecule has 1 aromatic carbocycles. The monoisotopic (exact) mass is 292 g/mol. The largest absolute Gasteiger partial charge is 0.382 e. The molecule has 5 heteroatoms. The maximum Gasteiger partial charge on any atom is 0.250 e. The Hall–Kier alpha value is -1.59. The van der Waals surface area contributed by atoms with Gasteiger partial charge in [-0.25, -0.2) is 0 Å². The number of amides is 1. The number of ether oxygens (including phenoxy) is 2. The molecule has 0 aromatic heterocycles. The molecule has 0 unspecified atom stereocenters. The molecule has 1 aromatic rings. The van der Waals surface area contributed by atoms with Gasteiger partial charge in [0.1, 0.15) is 6.61 Å². The Morgan fingerprint density at radius 2 is 1.71 bits per heavy atom. The molecule has 1 aliphatic carbocycles. The first-order chi connectivity index (χ1) is 10.2. The van der Waals surface area contributed by atoms with Gasteiger partial charge in [-0.3, -0.25) is 4.79 Å². The zero-order valence-corrected chi connectivity index (χ0v) is 12.7. The van der Waals surface area contributed by atoms with Crippen molar-refractivity contribution in [3.8, 4) is 0 Å². The van der Waals surface area contributed by atoms with Gasteiger partial charge in [0.2, 0.25) is 5.91 Å². The van der Waals surface area contributed by atoms with Crippen LogP contribution in [0.4, 0.5) is 11.4 Å². The van der Waals surface area contributed by atoms with E-state index in [2.05, 4.69) is 10.6 Å². The number of benzene rings is 1. The highest BCUT2D eigenvalue weighted by molar-refractivity contribution is 5.91. The van der Waals surface area contributed by atoms with Gasteiger partial charge < -0.3 is 20.1 Å². The van der Waals surface area contributed by atoms with Crippen LogP contribution in [0.1, 0.15) is 25.7 Å². The van der Waals surface area contributed by atoms with Crippen molar-refractivity contribution in [3.05, 3.63) is 24.3 Å². The van der Waals surface area contributed by atoms with E-state index in [1.165, 1.54) is 7.11 Å². The fraction of sp³-hybridized carbons (Fsp3) is 0.562. The number of hydrogen-bond acceptors (Lipinski definition) is 4. The fourth-order valence-electron chi connectivity index (χ4n) is 2.66. The lowest BCUT2D eigenvalue weighted by Crippen LogP contribution is -2.29. The Balaban J connectivity index is 1.81. The molecule has 2 N–H and O–H groups in total. The van der Waals surface area contributed by atoms with Crippen molar-refractivity contribution >= 4 is 17.3 Å². The molecular formula is C16H24N2O3. The summed E-state index contributed by atoms with van der Waals surface area (Å²) in [6.45, 7) is 0.0722. The van der Waals surface area contributed by atoms with Crippen molar-refractivity contribution in [2.24, 2.45) is 0 Å². The Morgan fingerprint density at radius 1 is 1.10 bits per heavy atom. The molecule has 0 spiro atoms. The normalized spacial score (nSPS) is 21.8. The number of carbonyl (C=O) groups excluding carboxylic acids is 1. The van der Waals surface area contributed by atoms with Crippen molar-refractivity contribution < 1.29 is 14.3 Å². The summed E-state index contributed by atoms with van der Waals surface area (Å²) >= 11 is 0. The van der Waals surface area contributed by atoms with E-state index in [9.17, 15) is 4.79 Å². The van der Waals surface area contributed by atoms with Gasteiger partial charge in [-0.2, -0.15) is 0 Å². The van der Waals surface area contributed by atoms with E-state index in [1.54, 1.807) is 7.11 Å². The third-order valence-corrected chi connectivity index (χ3v) is 3.82. The molecule has 2 rings (SSSR count). The van der Waals surface area contributed by atoms with E-state index in [0.717, 1.165) is 37.1 Å². The molecule has 1 amide bonds. The van der Waals surface area contributed by atoms with E-state index in [-0.39, 0.29) is 12.5 Å². The number of carbonyl (C=O) groups is 1. The van der Waals surface area contributed by atoms with Gasteiger partial charge in [0.15, 0.2) is 0 Å². The second kappa shape index (κ2) is 8.00. The average Bonchev–Trinajstić information content (AvgIpc) is 2.50. The highest BCUT2D eigenvalue weighted by Gasteiger charge is 2.20. The predicted molar refractivity (Wildman–Crippen MR) is 83.6 cm³/mol. The Bertz CT molecular complexity index is 439. The van der Waals surface area contributed by atoms with E-state index in [4.69, 9.17) is 9.47 Å². The number of anilines is 2. The second-order valence-corrected chi connectivity index (χ2v) is 5.41. The van der Waals surface area contributed by atoms with Crippen molar-refractivity contribution in [3.63, 3.8) is 0 Å². The van der Waals surface area contributed by atoms with Gasteiger partial charge >= 0.3 is 0 Å². The van der Waals surface area contributed by atoms with Crippen LogP contribution in [0.3, 0.4) is 0 Å². The minimum atomic E-state index is -0.143. The van der Waals surface area contributed by atoms with Crippen LogP contribution in [0.25, 0.3) is 0 Å². The third-order valence-electron chi connectivity index (χ3n) is 3.82. The maximum atomic E-state index is 11.4. The summed E-state index contributed by atoms with van der Waals surface area (Å²) in [5, 5.41) is 6.32. The van der Waals surface area contributed by atoms with Gasteiger partial charge in [0.05, 0.1) is 6.10 Å². The topological polar surface area (TPSA) is 59.6 Å². The predicted octanol–water partition coefficient (Wildman–Crippen LogP) is 2.64. The van der Waals surface area contributed by atoms with Crippen LogP contribution in [0.2, 0.25) is 0 Å². The zero-order chi connectivity index (χ0) is 15.1. The Morgan fingerprint density at radius 3 is 2.29 bits per heavy atom. The molecule has 1 saturated carbocycles. The van der Waals surface area contributed by atoms with Crippen LogP contribution in [-0.4, -0.2) is 38.9 Å². The van der Waals surface area contributed by atoms with E-state index in [1.807, 2.05) is 24.3 Å². The molecule has 116 valence electrons. The standard InChI is InChI=1S/C16H24N2O3/c1-20-11-16(19)18-14-5-3-12(4-6-14)17-13-7-9-15(21-2)10-8-13/h3-6,13,15,17H,7-11H2,1-2H3,(H,18,19). The summed E-state index contributed by atoms with van der Waals surface area (Å²) < 4.78 is 10.2. The molecule has 0 radical (unpaired) electrons. The minimum absolute atomic E-state index is 0.0722. The summed E-state index contributed by atoms with van der Waals surface area (Å²) in [4.78, 5) is 11.4. The van der Waals surface area contributed by atoms with Crippen LogP contribution >= 0.6 is 0 Å². The van der Waals surface area contributed by atoms with E-state index >= 15 is 0 Å². The van der Waals surface area contributed by atoms with Crippen molar-refractivity contribution in [2.75, 3.05) is 31.5 Å². The van der Waals surface area contributed by atoms with Crippen LogP contribution in [0.15, 0.2) is 24.3 Å². The molecule has 1 fully saturated rings. The smallest absolute Gasteiger partial charge is 0.250 e. The highest BCUT2D eigenvalue weighted by atomic mass is 16.5.